The van der Waals surface area contributed by atoms with Crippen LogP contribution in [0.25, 0.3) is 0 Å². The molecule has 0 aliphatic heterocycles. The monoisotopic (exact) mass is 286 g/mol. The average Bonchev–Trinajstić information content (AvgIpc) is 2.40. The Morgan fingerprint density at radius 1 is 1.42 bits per heavy atom. The van der Waals surface area contributed by atoms with Gasteiger partial charge in [0.15, 0.2) is 0 Å². The summed E-state index contributed by atoms with van der Waals surface area (Å²) in [5.41, 5.74) is 0. The highest BCUT2D eigenvalue weighted by molar-refractivity contribution is 7.99. The van der Waals surface area contributed by atoms with Crippen LogP contribution in [0.3, 0.4) is 0 Å². The number of aliphatic hydroxyl groups is 1. The summed E-state index contributed by atoms with van der Waals surface area (Å²) >= 11 is 1.62. The second-order valence-electron chi connectivity index (χ2n) is 4.14. The van der Waals surface area contributed by atoms with E-state index in [-0.39, 0.29) is 24.5 Å². The quantitative estimate of drug-likeness (QED) is 0.530. The first-order chi connectivity index (χ1) is 9.11. The fourth-order valence-corrected chi connectivity index (χ4v) is 2.17. The molecule has 3 N–H and O–H groups in total. The van der Waals surface area contributed by atoms with Crippen LogP contribution in [-0.4, -0.2) is 36.1 Å². The molecule has 4 nitrogen and oxygen atoms in total. The van der Waals surface area contributed by atoms with Crippen LogP contribution in [0.5, 0.6) is 0 Å². The molecule has 6 heteroatoms. The second kappa shape index (κ2) is 8.77. The molecule has 0 heterocycles. The molecule has 0 radical (unpaired) electrons. The highest BCUT2D eigenvalue weighted by Crippen LogP contribution is 2.18. The molecule has 0 aromatic heterocycles. The summed E-state index contributed by atoms with van der Waals surface area (Å²) in [4.78, 5) is 12.3. The molecule has 0 fully saturated rings. The Bertz CT molecular complexity index is 387. The van der Waals surface area contributed by atoms with E-state index in [2.05, 4.69) is 10.6 Å². The van der Waals surface area contributed by atoms with Crippen LogP contribution in [0.4, 0.5) is 9.18 Å². The molecule has 19 heavy (non-hydrogen) atoms. The molecule has 0 bridgehead atoms. The van der Waals surface area contributed by atoms with Gasteiger partial charge in [-0.15, -0.1) is 11.8 Å². The van der Waals surface area contributed by atoms with Crippen LogP contribution in [0.15, 0.2) is 29.2 Å². The number of thioether (sulfide) groups is 1. The summed E-state index contributed by atoms with van der Waals surface area (Å²) in [5.74, 6) is 0.613. The van der Waals surface area contributed by atoms with Crippen molar-refractivity contribution in [3.8, 4) is 0 Å². The lowest BCUT2D eigenvalue weighted by Gasteiger charge is -2.11. The summed E-state index contributed by atoms with van der Waals surface area (Å²) < 4.78 is 12.7. The summed E-state index contributed by atoms with van der Waals surface area (Å²) in [6.07, 6.45) is 0.822. The van der Waals surface area contributed by atoms with Crippen molar-refractivity contribution in [1.29, 1.82) is 0 Å². The summed E-state index contributed by atoms with van der Waals surface area (Å²) in [5, 5.41) is 14.1. The van der Waals surface area contributed by atoms with Crippen molar-refractivity contribution >= 4 is 17.8 Å². The van der Waals surface area contributed by atoms with Crippen molar-refractivity contribution in [3.63, 3.8) is 0 Å². The largest absolute Gasteiger partial charge is 0.394 e. The first-order valence-corrected chi connectivity index (χ1v) is 7.14. The van der Waals surface area contributed by atoms with Gasteiger partial charge in [0.1, 0.15) is 5.82 Å². The van der Waals surface area contributed by atoms with Crippen LogP contribution in [-0.2, 0) is 0 Å². The molecule has 0 spiro atoms. The number of halogens is 1. The third-order valence-electron chi connectivity index (χ3n) is 2.34. The third kappa shape index (κ3) is 7.03. The first-order valence-electron chi connectivity index (χ1n) is 6.15. The van der Waals surface area contributed by atoms with Gasteiger partial charge < -0.3 is 15.7 Å². The molecule has 106 valence electrons. The molecule has 2 amide bonds. The normalized spacial score (nSPS) is 11.9. The Kier molecular flexibility index (Phi) is 7.28. The highest BCUT2D eigenvalue weighted by Gasteiger charge is 2.04. The van der Waals surface area contributed by atoms with Gasteiger partial charge in [0, 0.05) is 11.4 Å². The van der Waals surface area contributed by atoms with Crippen LogP contribution in [0.1, 0.15) is 13.3 Å². The summed E-state index contributed by atoms with van der Waals surface area (Å²) in [7, 11) is 0. The fraction of sp³-hybridized carbons (Fsp3) is 0.462. The van der Waals surface area contributed by atoms with Gasteiger partial charge in [-0.25, -0.2) is 9.18 Å². The maximum atomic E-state index is 12.7. The molecule has 1 aromatic rings. The van der Waals surface area contributed by atoms with Gasteiger partial charge in [0.2, 0.25) is 0 Å². The van der Waals surface area contributed by atoms with E-state index in [1.165, 1.54) is 12.1 Å². The van der Waals surface area contributed by atoms with Crippen molar-refractivity contribution < 1.29 is 14.3 Å². The van der Waals surface area contributed by atoms with E-state index in [1.807, 2.05) is 0 Å². The van der Waals surface area contributed by atoms with Gasteiger partial charge in [0.05, 0.1) is 12.6 Å². The van der Waals surface area contributed by atoms with E-state index >= 15 is 0 Å². The highest BCUT2D eigenvalue weighted by atomic mass is 32.2. The Balaban J connectivity index is 2.08. The number of rotatable bonds is 7. The zero-order chi connectivity index (χ0) is 14.1. The first kappa shape index (κ1) is 15.8. The minimum Gasteiger partial charge on any atom is -0.394 e. The van der Waals surface area contributed by atoms with Gasteiger partial charge in [-0.1, -0.05) is 0 Å². The maximum Gasteiger partial charge on any atom is 0.315 e. The third-order valence-corrected chi connectivity index (χ3v) is 3.44. The lowest BCUT2D eigenvalue weighted by molar-refractivity contribution is 0.220. The predicted octanol–water partition coefficient (Wildman–Crippen LogP) is 1.99. The van der Waals surface area contributed by atoms with E-state index < -0.39 is 0 Å². The lowest BCUT2D eigenvalue weighted by Crippen LogP contribution is -2.42. The molecule has 1 atom stereocenters. The molecular formula is C13H19FN2O2S. The number of amides is 2. The van der Waals surface area contributed by atoms with E-state index in [9.17, 15) is 9.18 Å². The van der Waals surface area contributed by atoms with Crippen LogP contribution in [0, 0.1) is 5.82 Å². The van der Waals surface area contributed by atoms with Crippen molar-refractivity contribution in [2.45, 2.75) is 24.3 Å². The van der Waals surface area contributed by atoms with Crippen molar-refractivity contribution in [1.82, 2.24) is 10.6 Å². The van der Waals surface area contributed by atoms with Crippen molar-refractivity contribution in [2.75, 3.05) is 18.9 Å². The van der Waals surface area contributed by atoms with Gasteiger partial charge >= 0.3 is 6.03 Å². The second-order valence-corrected chi connectivity index (χ2v) is 5.31. The number of carbonyl (C=O) groups is 1. The van der Waals surface area contributed by atoms with Gasteiger partial charge in [0.25, 0.3) is 0 Å². The number of hydrogen-bond acceptors (Lipinski definition) is 3. The SMILES string of the molecule is CC(CO)NC(=O)NCCCSc1ccc(F)cc1. The number of hydrogen-bond donors (Lipinski definition) is 3. The number of carbonyl (C=O) groups excluding carboxylic acids is 1. The zero-order valence-electron chi connectivity index (χ0n) is 10.9. The topological polar surface area (TPSA) is 61.4 Å². The summed E-state index contributed by atoms with van der Waals surface area (Å²) in [6.45, 7) is 2.22. The van der Waals surface area contributed by atoms with Gasteiger partial charge in [-0.05, 0) is 43.4 Å². The zero-order valence-corrected chi connectivity index (χ0v) is 11.7. The van der Waals surface area contributed by atoms with Gasteiger partial charge in [-0.3, -0.25) is 0 Å². The minimum absolute atomic E-state index is 0.0756. The maximum absolute atomic E-state index is 12.7. The summed E-state index contributed by atoms with van der Waals surface area (Å²) in [6, 6.07) is 5.84. The standard InChI is InChI=1S/C13H19FN2O2S/c1-10(9-17)16-13(18)15-7-2-8-19-12-5-3-11(14)4-6-12/h3-6,10,17H,2,7-9H2,1H3,(H2,15,16,18). The smallest absolute Gasteiger partial charge is 0.315 e. The number of urea groups is 1. The van der Waals surface area contributed by atoms with Crippen molar-refractivity contribution in [2.24, 2.45) is 0 Å². The van der Waals surface area contributed by atoms with E-state index in [0.29, 0.717) is 6.54 Å². The number of aliphatic hydroxyl groups excluding tert-OH is 1. The average molecular weight is 286 g/mol. The molecule has 0 saturated heterocycles. The van der Waals surface area contributed by atoms with Crippen LogP contribution in [0.2, 0.25) is 0 Å². The Morgan fingerprint density at radius 3 is 2.74 bits per heavy atom. The molecular weight excluding hydrogens is 267 g/mol. The molecule has 1 rings (SSSR count). The molecule has 0 saturated carbocycles. The number of nitrogens with one attached hydrogen (secondary N) is 2. The van der Waals surface area contributed by atoms with E-state index in [0.717, 1.165) is 17.1 Å². The van der Waals surface area contributed by atoms with Crippen molar-refractivity contribution in [3.05, 3.63) is 30.1 Å². The Labute approximate surface area is 116 Å². The predicted molar refractivity (Wildman–Crippen MR) is 74.8 cm³/mol. The fourth-order valence-electron chi connectivity index (χ4n) is 1.32. The van der Waals surface area contributed by atoms with E-state index in [1.54, 1.807) is 30.8 Å². The van der Waals surface area contributed by atoms with Crippen LogP contribution < -0.4 is 10.6 Å². The number of benzene rings is 1. The molecule has 0 aliphatic rings. The van der Waals surface area contributed by atoms with Crippen LogP contribution >= 0.6 is 11.8 Å². The molecule has 1 aromatic carbocycles. The Morgan fingerprint density at radius 2 is 2.11 bits per heavy atom. The molecule has 1 unspecified atom stereocenters. The minimum atomic E-state index is -0.270. The van der Waals surface area contributed by atoms with E-state index in [4.69, 9.17) is 5.11 Å². The molecule has 0 aliphatic carbocycles. The Hall–Kier alpha value is -1.27. The lowest BCUT2D eigenvalue weighted by atomic mass is 10.4. The van der Waals surface area contributed by atoms with Gasteiger partial charge in [-0.2, -0.15) is 0 Å².